The minimum Gasteiger partial charge on any atom is -0.504 e. The molecular weight excluding hydrogens is 248 g/mol. The molecule has 19 heavy (non-hydrogen) atoms. The van der Waals surface area contributed by atoms with Crippen molar-refractivity contribution < 1.29 is 24.5 Å². The van der Waals surface area contributed by atoms with Crippen LogP contribution in [0.3, 0.4) is 0 Å². The summed E-state index contributed by atoms with van der Waals surface area (Å²) in [6.45, 7) is 1.91. The molecule has 0 aromatic heterocycles. The van der Waals surface area contributed by atoms with Crippen molar-refractivity contribution in [1.82, 2.24) is 0 Å². The lowest BCUT2D eigenvalue weighted by Gasteiger charge is -2.38. The zero-order chi connectivity index (χ0) is 14.0. The topological polar surface area (TPSA) is 76.0 Å². The number of methoxy groups -OCH3 is 1. The van der Waals surface area contributed by atoms with Gasteiger partial charge in [0, 0.05) is 0 Å². The van der Waals surface area contributed by atoms with Gasteiger partial charge in [0.25, 0.3) is 0 Å². The summed E-state index contributed by atoms with van der Waals surface area (Å²) in [6.07, 6.45) is 2.40. The van der Waals surface area contributed by atoms with Crippen LogP contribution in [0.2, 0.25) is 0 Å². The number of carbonyl (C=O) groups is 1. The van der Waals surface area contributed by atoms with Crippen LogP contribution in [0.4, 0.5) is 0 Å². The highest BCUT2D eigenvalue weighted by Gasteiger charge is 2.46. The Hall–Kier alpha value is -1.91. The van der Waals surface area contributed by atoms with E-state index in [2.05, 4.69) is 0 Å². The first-order chi connectivity index (χ1) is 9.00. The Labute approximate surface area is 111 Å². The number of carbonyl (C=O) groups excluding carboxylic acids is 1. The van der Waals surface area contributed by atoms with Gasteiger partial charge >= 0.3 is 5.97 Å². The van der Waals surface area contributed by atoms with Gasteiger partial charge in [0.2, 0.25) is 5.75 Å². The molecule has 5 heteroatoms. The van der Waals surface area contributed by atoms with Crippen molar-refractivity contribution in [2.45, 2.75) is 26.2 Å². The summed E-state index contributed by atoms with van der Waals surface area (Å²) in [4.78, 5) is 11.8. The number of hydrogen-bond acceptors (Lipinski definition) is 5. The highest BCUT2D eigenvalue weighted by atomic mass is 16.5. The lowest BCUT2D eigenvalue weighted by atomic mass is 9.69. The number of rotatable bonds is 4. The van der Waals surface area contributed by atoms with E-state index in [4.69, 9.17) is 9.47 Å². The lowest BCUT2D eigenvalue weighted by molar-refractivity contribution is -0.161. The summed E-state index contributed by atoms with van der Waals surface area (Å²) < 4.78 is 10.4. The first kappa shape index (κ1) is 13.5. The van der Waals surface area contributed by atoms with Gasteiger partial charge in [-0.05, 0) is 31.4 Å². The van der Waals surface area contributed by atoms with Crippen LogP contribution in [0.5, 0.6) is 17.2 Å². The second-order valence-electron chi connectivity index (χ2n) is 4.99. The number of hydrogen-bond donors (Lipinski definition) is 2. The predicted molar refractivity (Wildman–Crippen MR) is 68.3 cm³/mol. The number of phenols is 2. The maximum absolute atomic E-state index is 11.8. The molecule has 0 atom stereocenters. The van der Waals surface area contributed by atoms with Crippen molar-refractivity contribution in [2.75, 3.05) is 13.7 Å². The Kier molecular flexibility index (Phi) is 3.55. The molecule has 1 fully saturated rings. The molecule has 0 amide bonds. The van der Waals surface area contributed by atoms with Crippen molar-refractivity contribution in [3.05, 3.63) is 17.7 Å². The van der Waals surface area contributed by atoms with Gasteiger partial charge in [-0.2, -0.15) is 0 Å². The van der Waals surface area contributed by atoms with Crippen LogP contribution in [-0.4, -0.2) is 29.9 Å². The SMILES string of the molecule is COC(=O)C1(COc2c(C)ccc(O)c2O)CCC1. The van der Waals surface area contributed by atoms with E-state index in [1.54, 1.807) is 13.0 Å². The first-order valence-corrected chi connectivity index (χ1v) is 6.23. The fraction of sp³-hybridized carbons (Fsp3) is 0.500. The fourth-order valence-electron chi connectivity index (χ4n) is 2.28. The number of phenolic OH excluding ortho intramolecular Hbond substituents is 2. The normalized spacial score (nSPS) is 16.5. The molecule has 0 heterocycles. The van der Waals surface area contributed by atoms with Crippen LogP contribution in [0.15, 0.2) is 12.1 Å². The standard InChI is InChI=1S/C14H18O5/c1-9-4-5-10(15)11(16)12(9)19-8-14(6-3-7-14)13(17)18-2/h4-5,15-16H,3,6-8H2,1-2H3. The molecule has 0 saturated heterocycles. The summed E-state index contributed by atoms with van der Waals surface area (Å²) in [7, 11) is 1.36. The van der Waals surface area contributed by atoms with Crippen molar-refractivity contribution >= 4 is 5.97 Å². The van der Waals surface area contributed by atoms with E-state index in [0.29, 0.717) is 5.56 Å². The number of benzene rings is 1. The minimum atomic E-state index is -0.612. The van der Waals surface area contributed by atoms with Crippen LogP contribution in [-0.2, 0) is 9.53 Å². The quantitative estimate of drug-likeness (QED) is 0.645. The van der Waals surface area contributed by atoms with Gasteiger partial charge in [0.15, 0.2) is 11.5 Å². The average Bonchev–Trinajstić information content (AvgIpc) is 2.35. The third-order valence-corrected chi connectivity index (χ3v) is 3.73. The van der Waals surface area contributed by atoms with Gasteiger partial charge < -0.3 is 19.7 Å². The molecule has 2 N–H and O–H groups in total. The molecule has 0 unspecified atom stereocenters. The molecule has 1 aliphatic rings. The Bertz CT molecular complexity index is 491. The zero-order valence-electron chi connectivity index (χ0n) is 11.1. The van der Waals surface area contributed by atoms with Crippen molar-refractivity contribution in [3.63, 3.8) is 0 Å². The molecule has 104 valence electrons. The summed E-state index contributed by atoms with van der Waals surface area (Å²) >= 11 is 0. The fourth-order valence-corrected chi connectivity index (χ4v) is 2.28. The molecule has 0 radical (unpaired) electrons. The summed E-state index contributed by atoms with van der Waals surface area (Å²) in [5, 5.41) is 19.2. The summed E-state index contributed by atoms with van der Waals surface area (Å²) in [6, 6.07) is 3.05. The number of ether oxygens (including phenoxy) is 2. The van der Waals surface area contributed by atoms with E-state index < -0.39 is 5.41 Å². The van der Waals surface area contributed by atoms with Crippen molar-refractivity contribution in [3.8, 4) is 17.2 Å². The first-order valence-electron chi connectivity index (χ1n) is 6.23. The molecular formula is C14H18O5. The molecule has 1 aromatic rings. The predicted octanol–water partition coefficient (Wildman–Crippen LogP) is 2.13. The highest BCUT2D eigenvalue weighted by molar-refractivity contribution is 5.78. The highest BCUT2D eigenvalue weighted by Crippen LogP contribution is 2.44. The minimum absolute atomic E-state index is 0.150. The molecule has 5 nitrogen and oxygen atoms in total. The second-order valence-corrected chi connectivity index (χ2v) is 4.99. The zero-order valence-corrected chi connectivity index (χ0v) is 11.1. The largest absolute Gasteiger partial charge is 0.504 e. The Morgan fingerprint density at radius 2 is 2.05 bits per heavy atom. The van der Waals surface area contributed by atoms with Gasteiger partial charge in [0.05, 0.1) is 7.11 Å². The van der Waals surface area contributed by atoms with Crippen molar-refractivity contribution in [2.24, 2.45) is 5.41 Å². The van der Waals surface area contributed by atoms with E-state index >= 15 is 0 Å². The van der Waals surface area contributed by atoms with Gasteiger partial charge in [-0.1, -0.05) is 12.5 Å². The maximum Gasteiger partial charge on any atom is 0.315 e. The van der Waals surface area contributed by atoms with Gasteiger partial charge in [-0.15, -0.1) is 0 Å². The van der Waals surface area contributed by atoms with Gasteiger partial charge in [-0.25, -0.2) is 0 Å². The summed E-state index contributed by atoms with van der Waals surface area (Å²) in [5.74, 6) is -0.591. The molecule has 1 aromatic carbocycles. The van der Waals surface area contributed by atoms with Crippen LogP contribution in [0.1, 0.15) is 24.8 Å². The molecule has 2 rings (SSSR count). The van der Waals surface area contributed by atoms with E-state index in [1.807, 2.05) is 0 Å². The number of aromatic hydroxyl groups is 2. The molecule has 1 saturated carbocycles. The maximum atomic E-state index is 11.8. The molecule has 0 aliphatic heterocycles. The summed E-state index contributed by atoms with van der Waals surface area (Å²) in [5.41, 5.74) is 0.0914. The third-order valence-electron chi connectivity index (χ3n) is 3.73. The Morgan fingerprint density at radius 3 is 2.58 bits per heavy atom. The van der Waals surface area contributed by atoms with E-state index in [0.717, 1.165) is 19.3 Å². The van der Waals surface area contributed by atoms with Gasteiger partial charge in [-0.3, -0.25) is 4.79 Å². The lowest BCUT2D eigenvalue weighted by Crippen LogP contribution is -2.44. The molecule has 1 aliphatic carbocycles. The molecule has 0 spiro atoms. The average molecular weight is 266 g/mol. The van der Waals surface area contributed by atoms with Crippen LogP contribution in [0, 0.1) is 12.3 Å². The monoisotopic (exact) mass is 266 g/mol. The smallest absolute Gasteiger partial charge is 0.315 e. The second kappa shape index (κ2) is 4.99. The number of aryl methyl sites for hydroxylation is 1. The van der Waals surface area contributed by atoms with Crippen molar-refractivity contribution in [1.29, 1.82) is 0 Å². The Morgan fingerprint density at radius 1 is 1.37 bits per heavy atom. The van der Waals surface area contributed by atoms with E-state index in [9.17, 15) is 15.0 Å². The van der Waals surface area contributed by atoms with Crippen LogP contribution in [0.25, 0.3) is 0 Å². The number of esters is 1. The molecule has 0 bridgehead atoms. The Balaban J connectivity index is 2.15. The van der Waals surface area contributed by atoms with Gasteiger partial charge in [0.1, 0.15) is 12.0 Å². The van der Waals surface area contributed by atoms with Crippen LogP contribution >= 0.6 is 0 Å². The van der Waals surface area contributed by atoms with Crippen LogP contribution < -0.4 is 4.74 Å². The third kappa shape index (κ3) is 2.32. The van der Waals surface area contributed by atoms with E-state index in [-0.39, 0.29) is 29.8 Å². The van der Waals surface area contributed by atoms with E-state index in [1.165, 1.54) is 13.2 Å².